The Labute approximate surface area is 153 Å². The highest BCUT2D eigenvalue weighted by molar-refractivity contribution is 5.88. The van der Waals surface area contributed by atoms with Gasteiger partial charge < -0.3 is 9.80 Å². The highest BCUT2D eigenvalue weighted by Crippen LogP contribution is 2.30. The number of hydrogen-bond donors (Lipinski definition) is 1. The molecule has 0 aromatic heterocycles. The fourth-order valence-electron chi connectivity index (χ4n) is 3.21. The van der Waals surface area contributed by atoms with E-state index in [0.29, 0.717) is 32.7 Å². The molecule has 26 heavy (non-hydrogen) atoms. The van der Waals surface area contributed by atoms with Gasteiger partial charge in [0.25, 0.3) is 5.91 Å². The van der Waals surface area contributed by atoms with E-state index in [1.54, 1.807) is 4.90 Å². The molecule has 2 heterocycles. The van der Waals surface area contributed by atoms with Crippen LogP contribution < -0.4 is 5.48 Å². The zero-order valence-corrected chi connectivity index (χ0v) is 15.3. The van der Waals surface area contributed by atoms with Gasteiger partial charge in [0.15, 0.2) is 0 Å². The first-order valence-corrected chi connectivity index (χ1v) is 8.89. The van der Waals surface area contributed by atoms with Gasteiger partial charge in [0.1, 0.15) is 12.6 Å². The number of rotatable bonds is 8. The minimum absolute atomic E-state index is 0.00933. The fraction of sp³-hybridized carbons (Fsp3) is 0.556. The Morgan fingerprint density at radius 2 is 2.04 bits per heavy atom. The molecule has 3 amide bonds. The SMILES string of the molecule is CN(C)CCONC(=O)[C@@H]1CCC2CN1C(=O)N2OCc1ccccc1. The van der Waals surface area contributed by atoms with E-state index in [9.17, 15) is 9.59 Å². The monoisotopic (exact) mass is 362 g/mol. The van der Waals surface area contributed by atoms with Crippen LogP contribution in [0.1, 0.15) is 18.4 Å². The lowest BCUT2D eigenvalue weighted by molar-refractivity contribution is -0.141. The van der Waals surface area contributed by atoms with Crippen molar-refractivity contribution >= 4 is 11.9 Å². The number of benzene rings is 1. The summed E-state index contributed by atoms with van der Waals surface area (Å²) in [4.78, 5) is 39.5. The third-order valence-corrected chi connectivity index (χ3v) is 4.65. The highest BCUT2D eigenvalue weighted by Gasteiger charge is 2.48. The number of amides is 3. The zero-order valence-electron chi connectivity index (χ0n) is 15.3. The summed E-state index contributed by atoms with van der Waals surface area (Å²) in [5, 5.41) is 1.42. The van der Waals surface area contributed by atoms with Crippen molar-refractivity contribution in [1.29, 1.82) is 0 Å². The van der Waals surface area contributed by atoms with Crippen LogP contribution in [0.4, 0.5) is 4.79 Å². The molecule has 8 heteroatoms. The fourth-order valence-corrected chi connectivity index (χ4v) is 3.21. The summed E-state index contributed by atoms with van der Waals surface area (Å²) in [7, 11) is 3.86. The second-order valence-corrected chi connectivity index (χ2v) is 6.88. The molecule has 3 rings (SSSR count). The van der Waals surface area contributed by atoms with Crippen LogP contribution in [0.15, 0.2) is 30.3 Å². The number of likely N-dealkylation sites (N-methyl/N-ethyl adjacent to an activating group) is 1. The van der Waals surface area contributed by atoms with E-state index in [0.717, 1.165) is 12.0 Å². The van der Waals surface area contributed by atoms with Gasteiger partial charge in [-0.3, -0.25) is 14.5 Å². The molecule has 1 N–H and O–H groups in total. The Balaban J connectivity index is 1.51. The first-order valence-electron chi connectivity index (χ1n) is 8.89. The molecule has 8 nitrogen and oxygen atoms in total. The first-order chi connectivity index (χ1) is 12.6. The number of piperidine rings is 1. The van der Waals surface area contributed by atoms with Gasteiger partial charge in [0, 0.05) is 13.1 Å². The van der Waals surface area contributed by atoms with Crippen molar-refractivity contribution in [3.63, 3.8) is 0 Å². The predicted octanol–water partition coefficient (Wildman–Crippen LogP) is 0.996. The minimum Gasteiger partial charge on any atom is -0.309 e. The van der Waals surface area contributed by atoms with Crippen LogP contribution in [0, 0.1) is 0 Å². The minimum atomic E-state index is -0.511. The molecule has 2 aliphatic heterocycles. The van der Waals surface area contributed by atoms with Gasteiger partial charge in [-0.2, -0.15) is 5.06 Å². The molecule has 0 spiro atoms. The zero-order chi connectivity index (χ0) is 18.5. The summed E-state index contributed by atoms with van der Waals surface area (Å²) in [6.07, 6.45) is 1.33. The Hall–Kier alpha value is -2.16. The normalized spacial score (nSPS) is 22.2. The Kier molecular flexibility index (Phi) is 6.08. The Morgan fingerprint density at radius 1 is 1.27 bits per heavy atom. The lowest BCUT2D eigenvalue weighted by Crippen LogP contribution is -2.50. The van der Waals surface area contributed by atoms with E-state index in [1.165, 1.54) is 5.06 Å². The van der Waals surface area contributed by atoms with Crippen LogP contribution in [-0.4, -0.2) is 72.7 Å². The van der Waals surface area contributed by atoms with E-state index in [2.05, 4.69) is 5.48 Å². The van der Waals surface area contributed by atoms with Crippen molar-refractivity contribution in [2.75, 3.05) is 33.8 Å². The maximum atomic E-state index is 12.6. The van der Waals surface area contributed by atoms with Gasteiger partial charge in [-0.15, -0.1) is 0 Å². The van der Waals surface area contributed by atoms with Crippen molar-refractivity contribution in [1.82, 2.24) is 20.3 Å². The molecular weight excluding hydrogens is 336 g/mol. The predicted molar refractivity (Wildman–Crippen MR) is 94.6 cm³/mol. The number of nitrogens with zero attached hydrogens (tertiary/aromatic N) is 3. The van der Waals surface area contributed by atoms with Crippen LogP contribution in [0.2, 0.25) is 0 Å². The van der Waals surface area contributed by atoms with Gasteiger partial charge >= 0.3 is 6.03 Å². The quantitative estimate of drug-likeness (QED) is 0.552. The van der Waals surface area contributed by atoms with Crippen LogP contribution in [0.25, 0.3) is 0 Å². The molecule has 0 radical (unpaired) electrons. The van der Waals surface area contributed by atoms with Crippen molar-refractivity contribution in [2.24, 2.45) is 0 Å². The standard InChI is InChI=1S/C18H26N4O4/c1-20(2)10-11-25-19-17(23)16-9-8-15-12-21(16)18(24)22(15)26-13-14-6-4-3-5-7-14/h3-7,15-16H,8-13H2,1-2H3,(H,19,23)/t15?,16-/m0/s1. The van der Waals surface area contributed by atoms with Crippen molar-refractivity contribution < 1.29 is 19.3 Å². The molecule has 2 bridgehead atoms. The second-order valence-electron chi connectivity index (χ2n) is 6.88. The number of carbonyl (C=O) groups is 2. The van der Waals surface area contributed by atoms with Gasteiger partial charge in [-0.05, 0) is 32.5 Å². The van der Waals surface area contributed by atoms with Crippen molar-refractivity contribution in [3.05, 3.63) is 35.9 Å². The van der Waals surface area contributed by atoms with E-state index >= 15 is 0 Å². The molecule has 2 saturated heterocycles. The van der Waals surface area contributed by atoms with E-state index < -0.39 is 6.04 Å². The summed E-state index contributed by atoms with van der Waals surface area (Å²) in [6, 6.07) is 8.94. The molecular formula is C18H26N4O4. The summed E-state index contributed by atoms with van der Waals surface area (Å²) >= 11 is 0. The Bertz CT molecular complexity index is 625. The topological polar surface area (TPSA) is 74.4 Å². The number of hydroxylamine groups is 3. The van der Waals surface area contributed by atoms with Crippen LogP contribution in [-0.2, 0) is 21.1 Å². The first kappa shape index (κ1) is 18.6. The van der Waals surface area contributed by atoms with Gasteiger partial charge in [0.05, 0.1) is 12.6 Å². The van der Waals surface area contributed by atoms with Gasteiger partial charge in [0.2, 0.25) is 0 Å². The molecule has 1 aromatic rings. The maximum absolute atomic E-state index is 12.6. The van der Waals surface area contributed by atoms with Crippen LogP contribution in [0.5, 0.6) is 0 Å². The number of fused-ring (bicyclic) bond motifs is 2. The van der Waals surface area contributed by atoms with Crippen molar-refractivity contribution in [3.8, 4) is 0 Å². The third-order valence-electron chi connectivity index (χ3n) is 4.65. The molecule has 142 valence electrons. The number of urea groups is 1. The smallest absolute Gasteiger partial charge is 0.309 e. The summed E-state index contributed by atoms with van der Waals surface area (Å²) < 4.78 is 0. The molecule has 2 fully saturated rings. The molecule has 2 aliphatic rings. The number of carbonyl (C=O) groups excluding carboxylic acids is 2. The van der Waals surface area contributed by atoms with E-state index in [1.807, 2.05) is 49.3 Å². The highest BCUT2D eigenvalue weighted by atomic mass is 16.7. The van der Waals surface area contributed by atoms with Crippen molar-refractivity contribution in [2.45, 2.75) is 31.5 Å². The molecule has 1 aromatic carbocycles. The summed E-state index contributed by atoms with van der Waals surface area (Å²) in [5.74, 6) is -0.277. The molecule has 0 saturated carbocycles. The largest absolute Gasteiger partial charge is 0.345 e. The lowest BCUT2D eigenvalue weighted by atomic mass is 10.0. The average Bonchev–Trinajstić information content (AvgIpc) is 2.88. The average molecular weight is 362 g/mol. The summed E-state index contributed by atoms with van der Waals surface area (Å²) in [6.45, 7) is 1.94. The lowest BCUT2D eigenvalue weighted by Gasteiger charge is -2.29. The summed E-state index contributed by atoms with van der Waals surface area (Å²) in [5.41, 5.74) is 3.47. The Morgan fingerprint density at radius 3 is 2.77 bits per heavy atom. The van der Waals surface area contributed by atoms with E-state index in [4.69, 9.17) is 9.68 Å². The maximum Gasteiger partial charge on any atom is 0.345 e. The number of hydrogen-bond acceptors (Lipinski definition) is 5. The molecule has 2 atom stereocenters. The van der Waals surface area contributed by atoms with Crippen LogP contribution >= 0.6 is 0 Å². The van der Waals surface area contributed by atoms with Gasteiger partial charge in [-0.25, -0.2) is 10.3 Å². The second kappa shape index (κ2) is 8.48. The van der Waals surface area contributed by atoms with Crippen LogP contribution in [0.3, 0.4) is 0 Å². The number of nitrogens with one attached hydrogen (secondary N) is 1. The van der Waals surface area contributed by atoms with E-state index in [-0.39, 0.29) is 18.0 Å². The third kappa shape index (κ3) is 4.32. The molecule has 1 unspecified atom stereocenters. The molecule has 0 aliphatic carbocycles. The van der Waals surface area contributed by atoms with Gasteiger partial charge in [-0.1, -0.05) is 30.3 Å².